The van der Waals surface area contributed by atoms with Crippen molar-refractivity contribution in [3.63, 3.8) is 0 Å². The van der Waals surface area contributed by atoms with Gasteiger partial charge in [-0.15, -0.1) is 0 Å². The standard InChI is InChI=1S/C27H28Cl2N6O2S/c1-27(2)14-34(22(36)13-33(3)4)12-16-10-17(8-9-19(16)27)31-26-30-11-18-24(32-26)38-15-35(25(18)37)23-20(28)6-5-7-21(23)29/h5-11H,12-15H2,1-4H3,(H,30,31,32). The number of halogens is 2. The lowest BCUT2D eigenvalue weighted by Crippen LogP contribution is -2.47. The molecule has 0 fully saturated rings. The van der Waals surface area contributed by atoms with Crippen LogP contribution in [-0.4, -0.2) is 64.6 Å². The van der Waals surface area contributed by atoms with Crippen molar-refractivity contribution in [3.05, 3.63) is 69.3 Å². The molecule has 1 aromatic heterocycles. The predicted octanol–water partition coefficient (Wildman–Crippen LogP) is 5.42. The molecule has 5 rings (SSSR count). The number of carbonyl (C=O) groups is 2. The lowest BCUT2D eigenvalue weighted by atomic mass is 9.78. The van der Waals surface area contributed by atoms with Crippen LogP contribution in [0.25, 0.3) is 0 Å². The number of thioether (sulfide) groups is 1. The quantitative estimate of drug-likeness (QED) is 0.410. The van der Waals surface area contributed by atoms with Gasteiger partial charge in [-0.2, -0.15) is 0 Å². The lowest BCUT2D eigenvalue weighted by molar-refractivity contribution is -0.133. The Bertz CT molecular complexity index is 1410. The minimum Gasteiger partial charge on any atom is -0.336 e. The van der Waals surface area contributed by atoms with Crippen molar-refractivity contribution in [2.45, 2.75) is 30.8 Å². The van der Waals surface area contributed by atoms with E-state index in [1.165, 1.54) is 23.5 Å². The van der Waals surface area contributed by atoms with Gasteiger partial charge >= 0.3 is 0 Å². The molecule has 198 valence electrons. The minimum absolute atomic E-state index is 0.110. The van der Waals surface area contributed by atoms with Gasteiger partial charge in [0.2, 0.25) is 11.9 Å². The molecule has 1 N–H and O–H groups in total. The Labute approximate surface area is 236 Å². The number of benzene rings is 2. The van der Waals surface area contributed by atoms with Crippen molar-refractivity contribution in [3.8, 4) is 0 Å². The van der Waals surface area contributed by atoms with Crippen molar-refractivity contribution in [1.29, 1.82) is 0 Å². The van der Waals surface area contributed by atoms with E-state index < -0.39 is 0 Å². The largest absolute Gasteiger partial charge is 0.336 e. The van der Waals surface area contributed by atoms with E-state index in [0.717, 1.165) is 11.3 Å². The van der Waals surface area contributed by atoms with Crippen LogP contribution in [0.15, 0.2) is 47.6 Å². The monoisotopic (exact) mass is 570 g/mol. The molecule has 0 spiro atoms. The van der Waals surface area contributed by atoms with E-state index in [9.17, 15) is 9.59 Å². The molecular formula is C27H28Cl2N6O2S. The maximum Gasteiger partial charge on any atom is 0.263 e. The Morgan fingerprint density at radius 1 is 1.18 bits per heavy atom. The maximum absolute atomic E-state index is 13.2. The van der Waals surface area contributed by atoms with Crippen LogP contribution in [0.1, 0.15) is 35.3 Å². The Morgan fingerprint density at radius 3 is 2.63 bits per heavy atom. The maximum atomic E-state index is 13.2. The SMILES string of the molecule is CN(C)CC(=O)N1Cc2cc(Nc3ncc4c(n3)SCN(c3c(Cl)cccc3Cl)C4=O)ccc2C(C)(C)C1. The number of para-hydroxylation sites is 1. The molecule has 2 aliphatic rings. The molecular weight excluding hydrogens is 543 g/mol. The van der Waals surface area contributed by atoms with E-state index in [4.69, 9.17) is 23.2 Å². The van der Waals surface area contributed by atoms with Crippen molar-refractivity contribution in [2.24, 2.45) is 0 Å². The average molecular weight is 572 g/mol. The van der Waals surface area contributed by atoms with E-state index in [1.54, 1.807) is 23.1 Å². The normalized spacial score (nSPS) is 16.3. The third-order valence-electron chi connectivity index (χ3n) is 6.61. The summed E-state index contributed by atoms with van der Waals surface area (Å²) in [7, 11) is 3.80. The first-order valence-corrected chi connectivity index (χ1v) is 13.9. The van der Waals surface area contributed by atoms with Crippen LogP contribution in [-0.2, 0) is 16.8 Å². The number of rotatable bonds is 5. The van der Waals surface area contributed by atoms with Gasteiger partial charge in [-0.25, -0.2) is 9.97 Å². The molecule has 11 heteroatoms. The summed E-state index contributed by atoms with van der Waals surface area (Å²) in [5.41, 5.74) is 3.85. The molecule has 0 radical (unpaired) electrons. The van der Waals surface area contributed by atoms with Gasteiger partial charge in [-0.3, -0.25) is 14.5 Å². The first kappa shape index (κ1) is 26.7. The summed E-state index contributed by atoms with van der Waals surface area (Å²) in [4.78, 5) is 40.4. The predicted molar refractivity (Wildman–Crippen MR) is 153 cm³/mol. The smallest absolute Gasteiger partial charge is 0.263 e. The van der Waals surface area contributed by atoms with Gasteiger partial charge in [0.05, 0.1) is 33.7 Å². The van der Waals surface area contributed by atoms with Crippen LogP contribution in [0.2, 0.25) is 10.0 Å². The van der Waals surface area contributed by atoms with E-state index in [2.05, 4.69) is 41.3 Å². The number of carbonyl (C=O) groups excluding carboxylic acids is 2. The number of aromatic nitrogens is 2. The number of hydrogen-bond acceptors (Lipinski definition) is 7. The average Bonchev–Trinajstić information content (AvgIpc) is 2.84. The molecule has 38 heavy (non-hydrogen) atoms. The molecule has 2 aromatic carbocycles. The highest BCUT2D eigenvalue weighted by molar-refractivity contribution is 7.99. The Morgan fingerprint density at radius 2 is 1.92 bits per heavy atom. The van der Waals surface area contributed by atoms with E-state index in [0.29, 0.717) is 57.8 Å². The summed E-state index contributed by atoms with van der Waals surface area (Å²) in [6.07, 6.45) is 1.53. The number of nitrogens with zero attached hydrogens (tertiary/aromatic N) is 5. The summed E-state index contributed by atoms with van der Waals surface area (Å²) in [6.45, 7) is 5.93. The van der Waals surface area contributed by atoms with E-state index in [-0.39, 0.29) is 17.2 Å². The van der Waals surface area contributed by atoms with Gasteiger partial charge < -0.3 is 15.1 Å². The summed E-state index contributed by atoms with van der Waals surface area (Å²) < 4.78 is 0. The number of likely N-dealkylation sites (N-methyl/N-ethyl adjacent to an activating group) is 1. The fourth-order valence-electron chi connectivity index (χ4n) is 4.89. The second-order valence-electron chi connectivity index (χ2n) is 10.4. The van der Waals surface area contributed by atoms with Crippen LogP contribution in [0.4, 0.5) is 17.3 Å². The lowest BCUT2D eigenvalue weighted by Gasteiger charge is -2.40. The number of anilines is 3. The molecule has 3 aromatic rings. The van der Waals surface area contributed by atoms with Crippen LogP contribution in [0.3, 0.4) is 0 Å². The van der Waals surface area contributed by atoms with Crippen LogP contribution in [0, 0.1) is 0 Å². The Balaban J connectivity index is 1.37. The highest BCUT2D eigenvalue weighted by Gasteiger charge is 2.34. The number of amides is 2. The van der Waals surface area contributed by atoms with Gasteiger partial charge in [0.15, 0.2) is 0 Å². The second-order valence-corrected chi connectivity index (χ2v) is 12.1. The minimum atomic E-state index is -0.251. The van der Waals surface area contributed by atoms with Gasteiger partial charge in [0.1, 0.15) is 5.03 Å². The van der Waals surface area contributed by atoms with Crippen LogP contribution in [0.5, 0.6) is 0 Å². The van der Waals surface area contributed by atoms with Gasteiger partial charge in [0, 0.05) is 30.4 Å². The van der Waals surface area contributed by atoms with E-state index in [1.807, 2.05) is 30.0 Å². The van der Waals surface area contributed by atoms with Gasteiger partial charge in [-0.1, -0.05) is 60.9 Å². The Hall–Kier alpha value is -2.85. The summed E-state index contributed by atoms with van der Waals surface area (Å²) >= 11 is 14.1. The highest BCUT2D eigenvalue weighted by Crippen LogP contribution is 2.40. The topological polar surface area (TPSA) is 81.7 Å². The third-order valence-corrected chi connectivity index (χ3v) is 8.19. The molecule has 0 saturated heterocycles. The highest BCUT2D eigenvalue weighted by atomic mass is 35.5. The zero-order valence-corrected chi connectivity index (χ0v) is 23.9. The summed E-state index contributed by atoms with van der Waals surface area (Å²) in [6, 6.07) is 11.3. The molecule has 3 heterocycles. The molecule has 0 atom stereocenters. The van der Waals surface area contributed by atoms with E-state index >= 15 is 0 Å². The second kappa shape index (κ2) is 10.4. The molecule has 0 bridgehead atoms. The summed E-state index contributed by atoms with van der Waals surface area (Å²) in [5.74, 6) is 0.581. The molecule has 8 nitrogen and oxygen atoms in total. The van der Waals surface area contributed by atoms with Gasteiger partial charge in [0.25, 0.3) is 5.91 Å². The number of nitrogens with one attached hydrogen (secondary N) is 1. The van der Waals surface area contributed by atoms with Crippen molar-refractivity contribution in [1.82, 2.24) is 19.8 Å². The number of fused-ring (bicyclic) bond motifs is 2. The molecule has 0 saturated carbocycles. The molecule has 2 aliphatic heterocycles. The van der Waals surface area contributed by atoms with Crippen LogP contribution >= 0.6 is 35.0 Å². The summed E-state index contributed by atoms with van der Waals surface area (Å²) in [5, 5.41) is 4.68. The fourth-order valence-corrected chi connectivity index (χ4v) is 6.43. The first-order chi connectivity index (χ1) is 18.0. The zero-order valence-electron chi connectivity index (χ0n) is 21.6. The van der Waals surface area contributed by atoms with Crippen molar-refractivity contribution < 1.29 is 9.59 Å². The molecule has 0 unspecified atom stereocenters. The molecule has 0 aliphatic carbocycles. The molecule has 2 amide bonds. The van der Waals surface area contributed by atoms with Gasteiger partial charge in [-0.05, 0) is 49.5 Å². The fraction of sp³-hybridized carbons (Fsp3) is 0.333. The number of hydrogen-bond donors (Lipinski definition) is 1. The first-order valence-electron chi connectivity index (χ1n) is 12.1. The third kappa shape index (κ3) is 5.20. The Kier molecular flexibility index (Phi) is 7.30. The van der Waals surface area contributed by atoms with Crippen LogP contribution < -0.4 is 10.2 Å². The van der Waals surface area contributed by atoms with Crippen molar-refractivity contribution >= 4 is 64.1 Å². The van der Waals surface area contributed by atoms with Crippen molar-refractivity contribution in [2.75, 3.05) is 43.3 Å². The zero-order chi connectivity index (χ0) is 27.2.